The van der Waals surface area contributed by atoms with E-state index >= 15 is 0 Å². The van der Waals surface area contributed by atoms with E-state index in [0.717, 1.165) is 5.69 Å². The van der Waals surface area contributed by atoms with E-state index in [2.05, 4.69) is 16.5 Å². The molecule has 2 heterocycles. The minimum Gasteiger partial charge on any atom is -0.430 e. The molecule has 6 heteroatoms. The predicted molar refractivity (Wildman–Crippen MR) is 96.1 cm³/mol. The Morgan fingerprint density at radius 1 is 1.33 bits per heavy atom. The Labute approximate surface area is 144 Å². The first-order chi connectivity index (χ1) is 11.7. The van der Waals surface area contributed by atoms with E-state index in [0.29, 0.717) is 23.0 Å². The zero-order valence-electron chi connectivity index (χ0n) is 13.3. The first-order valence-electron chi connectivity index (χ1n) is 7.54. The van der Waals surface area contributed by atoms with Gasteiger partial charge in [-0.2, -0.15) is 4.98 Å². The average molecular weight is 339 g/mol. The maximum absolute atomic E-state index is 12.8. The number of thioether (sulfide) groups is 1. The Hall–Kier alpha value is -2.60. The summed E-state index contributed by atoms with van der Waals surface area (Å²) in [5.74, 6) is -0.0266. The summed E-state index contributed by atoms with van der Waals surface area (Å²) in [6.07, 6.45) is 3.38. The normalized spacial score (nSPS) is 12.0. The van der Waals surface area contributed by atoms with Gasteiger partial charge in [-0.25, -0.2) is 4.98 Å². The van der Waals surface area contributed by atoms with Crippen LogP contribution in [0.5, 0.6) is 0 Å². The predicted octanol–water partition coefficient (Wildman–Crippen LogP) is 3.92. The Kier molecular flexibility index (Phi) is 4.96. The summed E-state index contributed by atoms with van der Waals surface area (Å²) in [5.41, 5.74) is 2.00. The van der Waals surface area contributed by atoms with Crippen LogP contribution in [0.25, 0.3) is 11.2 Å². The third-order valence-corrected chi connectivity index (χ3v) is 4.35. The largest absolute Gasteiger partial charge is 0.430 e. The molecular weight excluding hydrogens is 322 g/mol. The number of para-hydroxylation sites is 1. The van der Waals surface area contributed by atoms with Crippen LogP contribution in [-0.4, -0.2) is 27.7 Å². The number of nitrogens with zero attached hydrogens (tertiary/aromatic N) is 3. The van der Waals surface area contributed by atoms with E-state index < -0.39 is 0 Å². The molecule has 0 saturated carbocycles. The highest BCUT2D eigenvalue weighted by Crippen LogP contribution is 2.28. The van der Waals surface area contributed by atoms with Crippen LogP contribution in [0, 0.1) is 0 Å². The summed E-state index contributed by atoms with van der Waals surface area (Å²) in [7, 11) is 0. The number of hydrogen-bond acceptors (Lipinski definition) is 5. The lowest BCUT2D eigenvalue weighted by Gasteiger charge is -2.23. The van der Waals surface area contributed by atoms with E-state index in [1.165, 1.54) is 11.8 Å². The van der Waals surface area contributed by atoms with E-state index in [1.54, 1.807) is 29.3 Å². The molecule has 122 valence electrons. The standard InChI is InChI=1S/C18H17N3O2S/c1-3-12-21(14-8-5-4-6-9-14)17(22)13(2)24-18-20-16-15(23-18)10-7-11-19-16/h3-11,13H,1,12H2,2H3. The lowest BCUT2D eigenvalue weighted by Crippen LogP contribution is -2.36. The van der Waals surface area contributed by atoms with E-state index in [-0.39, 0.29) is 11.2 Å². The molecule has 1 amide bonds. The summed E-state index contributed by atoms with van der Waals surface area (Å²) in [4.78, 5) is 23.0. The van der Waals surface area contributed by atoms with Crippen LogP contribution in [0.2, 0.25) is 0 Å². The highest BCUT2D eigenvalue weighted by molar-refractivity contribution is 8.00. The molecule has 2 aromatic heterocycles. The first kappa shape index (κ1) is 16.3. The number of carbonyl (C=O) groups excluding carboxylic acids is 1. The van der Waals surface area contributed by atoms with Gasteiger partial charge in [0.05, 0.1) is 5.25 Å². The highest BCUT2D eigenvalue weighted by atomic mass is 32.2. The molecule has 24 heavy (non-hydrogen) atoms. The van der Waals surface area contributed by atoms with Gasteiger partial charge in [0.15, 0.2) is 11.2 Å². The van der Waals surface area contributed by atoms with E-state index in [9.17, 15) is 4.79 Å². The molecule has 0 fully saturated rings. The SMILES string of the molecule is C=CCN(C(=O)C(C)Sc1nc2ncccc2o1)c1ccccc1. The molecule has 1 aromatic carbocycles. The van der Waals surface area contributed by atoms with Crippen LogP contribution in [-0.2, 0) is 4.79 Å². The van der Waals surface area contributed by atoms with Crippen molar-refractivity contribution >= 4 is 34.6 Å². The third-order valence-electron chi connectivity index (χ3n) is 3.42. The van der Waals surface area contributed by atoms with Gasteiger partial charge in [0.25, 0.3) is 5.22 Å². The molecule has 5 nitrogen and oxygen atoms in total. The molecule has 1 atom stereocenters. The lowest BCUT2D eigenvalue weighted by atomic mass is 10.2. The van der Waals surface area contributed by atoms with Crippen LogP contribution < -0.4 is 4.90 Å². The van der Waals surface area contributed by atoms with Crippen molar-refractivity contribution < 1.29 is 9.21 Å². The van der Waals surface area contributed by atoms with Crippen molar-refractivity contribution in [3.8, 4) is 0 Å². The summed E-state index contributed by atoms with van der Waals surface area (Å²) in [6, 6.07) is 13.1. The number of hydrogen-bond donors (Lipinski definition) is 0. The quantitative estimate of drug-likeness (QED) is 0.503. The van der Waals surface area contributed by atoms with Gasteiger partial charge in [0.2, 0.25) is 5.91 Å². The van der Waals surface area contributed by atoms with Crippen molar-refractivity contribution in [3.05, 3.63) is 61.3 Å². The summed E-state index contributed by atoms with van der Waals surface area (Å²) >= 11 is 1.28. The second-order valence-electron chi connectivity index (χ2n) is 5.14. The van der Waals surface area contributed by atoms with Crippen LogP contribution >= 0.6 is 11.8 Å². The van der Waals surface area contributed by atoms with Gasteiger partial charge in [0.1, 0.15) is 0 Å². The topological polar surface area (TPSA) is 59.2 Å². The van der Waals surface area contributed by atoms with Gasteiger partial charge in [-0.1, -0.05) is 36.0 Å². The van der Waals surface area contributed by atoms with Crippen molar-refractivity contribution in [2.75, 3.05) is 11.4 Å². The average Bonchev–Trinajstić information content (AvgIpc) is 3.02. The minimum atomic E-state index is -0.349. The molecule has 1 unspecified atom stereocenters. The molecule has 3 rings (SSSR count). The number of amides is 1. The number of carbonyl (C=O) groups is 1. The number of oxazole rings is 1. The fourth-order valence-electron chi connectivity index (χ4n) is 2.28. The molecular formula is C18H17N3O2S. The molecule has 0 aliphatic heterocycles. The molecule has 0 spiro atoms. The van der Waals surface area contributed by atoms with Crippen molar-refractivity contribution in [1.82, 2.24) is 9.97 Å². The van der Waals surface area contributed by atoms with Crippen molar-refractivity contribution in [1.29, 1.82) is 0 Å². The number of aromatic nitrogens is 2. The highest BCUT2D eigenvalue weighted by Gasteiger charge is 2.24. The summed E-state index contributed by atoms with van der Waals surface area (Å²) in [6.45, 7) is 6.03. The second-order valence-corrected chi connectivity index (χ2v) is 6.43. The molecule has 0 aliphatic rings. The monoisotopic (exact) mass is 339 g/mol. The zero-order chi connectivity index (χ0) is 16.9. The zero-order valence-corrected chi connectivity index (χ0v) is 14.1. The Bertz CT molecular complexity index is 815. The number of rotatable bonds is 6. The summed E-state index contributed by atoms with van der Waals surface area (Å²) < 4.78 is 5.63. The number of pyridine rings is 1. The van der Waals surface area contributed by atoms with Gasteiger partial charge in [-0.15, -0.1) is 6.58 Å². The fraction of sp³-hybridized carbons (Fsp3) is 0.167. The Morgan fingerprint density at radius 3 is 2.83 bits per heavy atom. The van der Waals surface area contributed by atoms with E-state index in [4.69, 9.17) is 4.42 Å². The molecule has 0 bridgehead atoms. The van der Waals surface area contributed by atoms with Crippen LogP contribution in [0.15, 0.2) is 71.0 Å². The smallest absolute Gasteiger partial charge is 0.259 e. The molecule has 0 saturated heterocycles. The lowest BCUT2D eigenvalue weighted by molar-refractivity contribution is -0.117. The van der Waals surface area contributed by atoms with Crippen molar-refractivity contribution in [2.45, 2.75) is 17.4 Å². The van der Waals surface area contributed by atoms with Crippen LogP contribution in [0.4, 0.5) is 5.69 Å². The molecule has 0 aliphatic carbocycles. The number of anilines is 1. The van der Waals surface area contributed by atoms with Crippen molar-refractivity contribution in [2.24, 2.45) is 0 Å². The Balaban J connectivity index is 1.78. The Morgan fingerprint density at radius 2 is 2.12 bits per heavy atom. The number of fused-ring (bicyclic) bond motifs is 1. The summed E-state index contributed by atoms with van der Waals surface area (Å²) in [5, 5.41) is 0.0920. The van der Waals surface area contributed by atoms with Gasteiger partial charge in [-0.05, 0) is 31.2 Å². The van der Waals surface area contributed by atoms with Gasteiger partial charge in [-0.3, -0.25) is 4.79 Å². The molecule has 0 N–H and O–H groups in total. The third kappa shape index (κ3) is 3.49. The maximum atomic E-state index is 12.8. The first-order valence-corrected chi connectivity index (χ1v) is 8.42. The number of benzene rings is 1. The maximum Gasteiger partial charge on any atom is 0.259 e. The van der Waals surface area contributed by atoms with Gasteiger partial charge < -0.3 is 9.32 Å². The van der Waals surface area contributed by atoms with E-state index in [1.807, 2.05) is 37.3 Å². The molecule has 3 aromatic rings. The second kappa shape index (κ2) is 7.31. The van der Waals surface area contributed by atoms with Gasteiger partial charge in [0, 0.05) is 18.4 Å². The fourth-order valence-corrected chi connectivity index (χ4v) is 3.09. The minimum absolute atomic E-state index is 0.0266. The van der Waals surface area contributed by atoms with Crippen LogP contribution in [0.1, 0.15) is 6.92 Å². The van der Waals surface area contributed by atoms with Crippen molar-refractivity contribution in [3.63, 3.8) is 0 Å². The van der Waals surface area contributed by atoms with Gasteiger partial charge >= 0.3 is 0 Å². The molecule has 0 radical (unpaired) electrons. The van der Waals surface area contributed by atoms with Crippen LogP contribution in [0.3, 0.4) is 0 Å².